The molecule has 2 aromatic rings. The molecule has 0 unspecified atom stereocenters. The fourth-order valence-electron chi connectivity index (χ4n) is 2.63. The second-order valence-electron chi connectivity index (χ2n) is 5.64. The molecule has 1 aliphatic heterocycles. The number of amides is 1. The maximum absolute atomic E-state index is 12.2. The third-order valence-corrected chi connectivity index (χ3v) is 3.93. The maximum atomic E-state index is 12.2. The van der Waals surface area contributed by atoms with Crippen LogP contribution < -0.4 is 10.2 Å². The van der Waals surface area contributed by atoms with Crippen molar-refractivity contribution in [1.82, 2.24) is 25.1 Å². The Labute approximate surface area is 129 Å². The number of hydrogen-bond donors (Lipinski definition) is 1. The van der Waals surface area contributed by atoms with Crippen molar-refractivity contribution < 1.29 is 4.79 Å². The van der Waals surface area contributed by atoms with Gasteiger partial charge >= 0.3 is 0 Å². The van der Waals surface area contributed by atoms with E-state index in [9.17, 15) is 4.79 Å². The monoisotopic (exact) mass is 300 g/mol. The van der Waals surface area contributed by atoms with E-state index in [1.807, 2.05) is 19.3 Å². The average molecular weight is 300 g/mol. The number of rotatable bonds is 3. The molecule has 7 heteroatoms. The van der Waals surface area contributed by atoms with E-state index in [-0.39, 0.29) is 11.9 Å². The van der Waals surface area contributed by atoms with Crippen molar-refractivity contribution in [3.05, 3.63) is 35.9 Å². The summed E-state index contributed by atoms with van der Waals surface area (Å²) in [7, 11) is 1.77. The molecular formula is C15H20N6O. The van der Waals surface area contributed by atoms with Crippen molar-refractivity contribution in [1.29, 1.82) is 0 Å². The van der Waals surface area contributed by atoms with Crippen LogP contribution in [0.4, 0.5) is 5.95 Å². The molecule has 3 rings (SSSR count). The molecule has 1 fully saturated rings. The van der Waals surface area contributed by atoms with E-state index in [4.69, 9.17) is 0 Å². The van der Waals surface area contributed by atoms with E-state index < -0.39 is 0 Å². The lowest BCUT2D eigenvalue weighted by Gasteiger charge is -2.32. The van der Waals surface area contributed by atoms with E-state index in [2.05, 4.69) is 25.3 Å². The summed E-state index contributed by atoms with van der Waals surface area (Å²) in [6, 6.07) is 1.91. The van der Waals surface area contributed by atoms with Gasteiger partial charge in [0.1, 0.15) is 5.69 Å². The molecule has 0 saturated carbocycles. The van der Waals surface area contributed by atoms with Crippen molar-refractivity contribution in [2.75, 3.05) is 18.0 Å². The predicted molar refractivity (Wildman–Crippen MR) is 82.7 cm³/mol. The van der Waals surface area contributed by atoms with Crippen LogP contribution in [-0.2, 0) is 7.05 Å². The van der Waals surface area contributed by atoms with E-state index in [0.717, 1.165) is 37.4 Å². The second-order valence-corrected chi connectivity index (χ2v) is 5.64. The van der Waals surface area contributed by atoms with Crippen LogP contribution in [0.1, 0.15) is 28.9 Å². The van der Waals surface area contributed by atoms with Gasteiger partial charge in [-0.15, -0.1) is 0 Å². The van der Waals surface area contributed by atoms with Crippen molar-refractivity contribution in [3.8, 4) is 0 Å². The number of aryl methyl sites for hydroxylation is 2. The Morgan fingerprint density at radius 2 is 1.95 bits per heavy atom. The number of anilines is 1. The quantitative estimate of drug-likeness (QED) is 0.912. The zero-order valence-electron chi connectivity index (χ0n) is 12.9. The number of carbonyl (C=O) groups is 1. The van der Waals surface area contributed by atoms with Crippen molar-refractivity contribution in [2.45, 2.75) is 25.8 Å². The second kappa shape index (κ2) is 6.13. The minimum Gasteiger partial charge on any atom is -0.348 e. The third kappa shape index (κ3) is 3.08. The largest absolute Gasteiger partial charge is 0.348 e. The SMILES string of the molecule is Cc1cnc(N2CCC(NC(=O)c3ccnn3C)CC2)nc1. The number of carbonyl (C=O) groups excluding carboxylic acids is 1. The molecule has 1 amide bonds. The van der Waals surface area contributed by atoms with Gasteiger partial charge in [0.15, 0.2) is 0 Å². The Kier molecular flexibility index (Phi) is 4.04. The molecule has 7 nitrogen and oxygen atoms in total. The molecule has 0 aromatic carbocycles. The Bertz CT molecular complexity index is 642. The smallest absolute Gasteiger partial charge is 0.269 e. The van der Waals surface area contributed by atoms with E-state index >= 15 is 0 Å². The highest BCUT2D eigenvalue weighted by atomic mass is 16.2. The minimum absolute atomic E-state index is 0.0648. The first-order chi connectivity index (χ1) is 10.6. The van der Waals surface area contributed by atoms with Crippen LogP contribution in [0.25, 0.3) is 0 Å². The number of nitrogens with zero attached hydrogens (tertiary/aromatic N) is 5. The van der Waals surface area contributed by atoms with Crippen LogP contribution in [-0.4, -0.2) is 44.8 Å². The van der Waals surface area contributed by atoms with Crippen molar-refractivity contribution in [3.63, 3.8) is 0 Å². The molecule has 3 heterocycles. The summed E-state index contributed by atoms with van der Waals surface area (Å²) in [4.78, 5) is 23.0. The Morgan fingerprint density at radius 1 is 1.27 bits per heavy atom. The minimum atomic E-state index is -0.0648. The Balaban J connectivity index is 1.55. The normalized spacial score (nSPS) is 15.8. The van der Waals surface area contributed by atoms with Gasteiger partial charge in [-0.05, 0) is 31.4 Å². The Hall–Kier alpha value is -2.44. The summed E-state index contributed by atoms with van der Waals surface area (Å²) < 4.78 is 1.59. The van der Waals surface area contributed by atoms with Crippen LogP contribution in [0.5, 0.6) is 0 Å². The van der Waals surface area contributed by atoms with Crippen molar-refractivity contribution >= 4 is 11.9 Å². The van der Waals surface area contributed by atoms with Gasteiger partial charge in [0.2, 0.25) is 5.95 Å². The molecule has 1 aliphatic rings. The molecule has 1 saturated heterocycles. The number of hydrogen-bond acceptors (Lipinski definition) is 5. The van der Waals surface area contributed by atoms with Gasteiger partial charge in [0.25, 0.3) is 5.91 Å². The van der Waals surface area contributed by atoms with Gasteiger partial charge in [-0.2, -0.15) is 5.10 Å². The molecule has 0 radical (unpaired) electrons. The van der Waals surface area contributed by atoms with Crippen LogP contribution >= 0.6 is 0 Å². The van der Waals surface area contributed by atoms with Crippen LogP contribution in [0.2, 0.25) is 0 Å². The lowest BCUT2D eigenvalue weighted by atomic mass is 10.1. The summed E-state index contributed by atoms with van der Waals surface area (Å²) in [5.74, 6) is 0.701. The molecule has 0 bridgehead atoms. The first-order valence-corrected chi connectivity index (χ1v) is 7.46. The van der Waals surface area contributed by atoms with Crippen LogP contribution in [0.15, 0.2) is 24.7 Å². The van der Waals surface area contributed by atoms with E-state index in [1.54, 1.807) is 24.0 Å². The van der Waals surface area contributed by atoms with Gasteiger partial charge in [-0.25, -0.2) is 9.97 Å². The summed E-state index contributed by atoms with van der Waals surface area (Å²) in [5, 5.41) is 7.10. The fraction of sp³-hybridized carbons (Fsp3) is 0.467. The predicted octanol–water partition coefficient (Wildman–Crippen LogP) is 0.917. The molecule has 116 valence electrons. The molecule has 2 aromatic heterocycles. The molecule has 22 heavy (non-hydrogen) atoms. The fourth-order valence-corrected chi connectivity index (χ4v) is 2.63. The summed E-state index contributed by atoms with van der Waals surface area (Å²) in [6.07, 6.45) is 7.07. The number of nitrogens with one attached hydrogen (secondary N) is 1. The van der Waals surface area contributed by atoms with Crippen molar-refractivity contribution in [2.24, 2.45) is 7.05 Å². The summed E-state index contributed by atoms with van der Waals surface area (Å²) in [6.45, 7) is 3.67. The highest BCUT2D eigenvalue weighted by Crippen LogP contribution is 2.16. The molecule has 1 N–H and O–H groups in total. The third-order valence-electron chi connectivity index (χ3n) is 3.93. The Morgan fingerprint density at radius 3 is 2.55 bits per heavy atom. The highest BCUT2D eigenvalue weighted by Gasteiger charge is 2.23. The molecule has 0 aliphatic carbocycles. The van der Waals surface area contributed by atoms with Crippen LogP contribution in [0, 0.1) is 6.92 Å². The zero-order chi connectivity index (χ0) is 15.5. The van der Waals surface area contributed by atoms with Gasteiger partial charge in [-0.1, -0.05) is 0 Å². The summed E-state index contributed by atoms with van der Waals surface area (Å²) >= 11 is 0. The highest BCUT2D eigenvalue weighted by molar-refractivity contribution is 5.92. The van der Waals surface area contributed by atoms with Crippen LogP contribution in [0.3, 0.4) is 0 Å². The average Bonchev–Trinajstić information content (AvgIpc) is 2.95. The number of aromatic nitrogens is 4. The molecular weight excluding hydrogens is 280 g/mol. The van der Waals surface area contributed by atoms with E-state index in [1.165, 1.54) is 0 Å². The lowest BCUT2D eigenvalue weighted by Crippen LogP contribution is -2.45. The van der Waals surface area contributed by atoms with Gasteiger partial charge < -0.3 is 10.2 Å². The van der Waals surface area contributed by atoms with Gasteiger partial charge in [-0.3, -0.25) is 9.48 Å². The first kappa shape index (κ1) is 14.5. The zero-order valence-corrected chi connectivity index (χ0v) is 12.9. The molecule has 0 atom stereocenters. The standard InChI is InChI=1S/C15H20N6O/c1-11-9-16-15(17-10-11)21-7-4-12(5-8-21)19-14(22)13-3-6-18-20(13)2/h3,6,9-10,12H,4-5,7-8H2,1-2H3,(H,19,22). The maximum Gasteiger partial charge on any atom is 0.269 e. The first-order valence-electron chi connectivity index (χ1n) is 7.46. The summed E-state index contributed by atoms with van der Waals surface area (Å²) in [5.41, 5.74) is 1.64. The van der Waals surface area contributed by atoms with Gasteiger partial charge in [0.05, 0.1) is 0 Å². The lowest BCUT2D eigenvalue weighted by molar-refractivity contribution is 0.0921. The van der Waals surface area contributed by atoms with Gasteiger partial charge in [0, 0.05) is 44.8 Å². The van der Waals surface area contributed by atoms with E-state index in [0.29, 0.717) is 5.69 Å². The molecule has 0 spiro atoms. The number of piperidine rings is 1. The topological polar surface area (TPSA) is 75.9 Å².